The normalized spacial score (nSPS) is 18.1. The fraction of sp³-hybridized carbons (Fsp3) is 0.261. The minimum absolute atomic E-state index is 0.0606. The monoisotopic (exact) mass is 418 g/mol. The molecule has 3 aromatic rings. The highest BCUT2D eigenvalue weighted by Gasteiger charge is 2.35. The van der Waals surface area contributed by atoms with Crippen molar-refractivity contribution in [1.82, 2.24) is 4.90 Å². The number of amides is 1. The Labute approximate surface area is 179 Å². The maximum Gasteiger partial charge on any atom is 0.292 e. The van der Waals surface area contributed by atoms with Gasteiger partial charge in [-0.2, -0.15) is 0 Å². The molecular formula is C23H22N4O4. The lowest BCUT2D eigenvalue weighted by molar-refractivity contribution is -0.384. The molecule has 1 fully saturated rings. The summed E-state index contributed by atoms with van der Waals surface area (Å²) in [5, 5.41) is 15.3. The number of anilines is 2. The third kappa shape index (κ3) is 3.50. The molecule has 1 aromatic heterocycles. The van der Waals surface area contributed by atoms with Crippen molar-refractivity contribution in [3.8, 4) is 0 Å². The minimum atomic E-state index is -0.557. The highest BCUT2D eigenvalue weighted by Crippen LogP contribution is 2.38. The summed E-state index contributed by atoms with van der Waals surface area (Å²) < 4.78 is 5.47. The van der Waals surface area contributed by atoms with Crippen LogP contribution in [0.1, 0.15) is 40.7 Å². The van der Waals surface area contributed by atoms with Gasteiger partial charge >= 0.3 is 0 Å². The van der Waals surface area contributed by atoms with Crippen molar-refractivity contribution in [3.05, 3.63) is 87.9 Å². The average molecular weight is 418 g/mol. The lowest BCUT2D eigenvalue weighted by Crippen LogP contribution is -2.42. The second kappa shape index (κ2) is 7.79. The number of nitrogens with one attached hydrogen (secondary N) is 1. The van der Waals surface area contributed by atoms with E-state index in [4.69, 9.17) is 4.42 Å². The first-order chi connectivity index (χ1) is 15.1. The number of hydrogen-bond acceptors (Lipinski definition) is 6. The Hall–Kier alpha value is -3.81. The number of carbonyl (C=O) groups excluding carboxylic acids is 1. The first-order valence-corrected chi connectivity index (χ1v) is 10.3. The van der Waals surface area contributed by atoms with Crippen molar-refractivity contribution in [2.45, 2.75) is 25.6 Å². The van der Waals surface area contributed by atoms with E-state index < -0.39 is 6.17 Å². The Balaban J connectivity index is 1.56. The summed E-state index contributed by atoms with van der Waals surface area (Å²) in [6.45, 7) is 1.89. The Bertz CT molecular complexity index is 1120. The van der Waals surface area contributed by atoms with Crippen molar-refractivity contribution >= 4 is 23.0 Å². The number of rotatable bonds is 5. The van der Waals surface area contributed by atoms with Gasteiger partial charge in [-0.15, -0.1) is 0 Å². The van der Waals surface area contributed by atoms with Crippen LogP contribution in [-0.2, 0) is 6.54 Å². The minimum Gasteiger partial charge on any atom is -0.467 e. The molecule has 0 aliphatic carbocycles. The lowest BCUT2D eigenvalue weighted by Gasteiger charge is -2.37. The smallest absolute Gasteiger partial charge is 0.292 e. The molecule has 2 aromatic carbocycles. The number of furan rings is 1. The van der Waals surface area contributed by atoms with Gasteiger partial charge in [-0.25, -0.2) is 0 Å². The first kappa shape index (κ1) is 19.2. The van der Waals surface area contributed by atoms with E-state index in [1.807, 2.05) is 30.3 Å². The number of nitro benzene ring substituents is 1. The molecule has 0 radical (unpaired) electrons. The van der Waals surface area contributed by atoms with E-state index in [1.54, 1.807) is 35.4 Å². The number of hydrogen-bond donors (Lipinski definition) is 1. The fourth-order valence-corrected chi connectivity index (χ4v) is 4.37. The molecule has 2 aliphatic heterocycles. The molecule has 1 unspecified atom stereocenters. The third-order valence-electron chi connectivity index (χ3n) is 5.89. The lowest BCUT2D eigenvalue weighted by atomic mass is 10.0. The van der Waals surface area contributed by atoms with Gasteiger partial charge in [0.25, 0.3) is 11.6 Å². The predicted octanol–water partition coefficient (Wildman–Crippen LogP) is 4.55. The van der Waals surface area contributed by atoms with Gasteiger partial charge in [0.05, 0.1) is 23.3 Å². The molecule has 0 spiro atoms. The molecule has 158 valence electrons. The quantitative estimate of drug-likeness (QED) is 0.483. The van der Waals surface area contributed by atoms with E-state index in [9.17, 15) is 14.9 Å². The van der Waals surface area contributed by atoms with Crippen LogP contribution in [0.3, 0.4) is 0 Å². The molecule has 8 nitrogen and oxygen atoms in total. The van der Waals surface area contributed by atoms with Crippen molar-refractivity contribution in [3.63, 3.8) is 0 Å². The molecule has 1 atom stereocenters. The van der Waals surface area contributed by atoms with E-state index in [0.717, 1.165) is 25.9 Å². The summed E-state index contributed by atoms with van der Waals surface area (Å²) in [5.74, 6) is 0.491. The first-order valence-electron chi connectivity index (χ1n) is 10.3. The van der Waals surface area contributed by atoms with Crippen LogP contribution in [-0.4, -0.2) is 28.8 Å². The van der Waals surface area contributed by atoms with Crippen molar-refractivity contribution in [1.29, 1.82) is 0 Å². The van der Waals surface area contributed by atoms with Crippen LogP contribution >= 0.6 is 0 Å². The zero-order chi connectivity index (χ0) is 21.4. The van der Waals surface area contributed by atoms with Gasteiger partial charge in [-0.05, 0) is 43.2 Å². The van der Waals surface area contributed by atoms with Crippen LogP contribution in [0.4, 0.5) is 17.1 Å². The van der Waals surface area contributed by atoms with Crippen molar-refractivity contribution in [2.75, 3.05) is 23.3 Å². The van der Waals surface area contributed by atoms with Gasteiger partial charge in [-0.1, -0.05) is 18.2 Å². The summed E-state index contributed by atoms with van der Waals surface area (Å²) in [6.07, 6.45) is 3.07. The molecule has 2 aliphatic rings. The van der Waals surface area contributed by atoms with Gasteiger partial charge in [0.2, 0.25) is 0 Å². The largest absolute Gasteiger partial charge is 0.467 e. The number of para-hydroxylation sites is 1. The van der Waals surface area contributed by atoms with Gasteiger partial charge in [0, 0.05) is 30.4 Å². The van der Waals surface area contributed by atoms with Crippen LogP contribution in [0.25, 0.3) is 0 Å². The standard InChI is InChI=1S/C23H22N4O4/c28-23-18-7-1-2-8-19(18)24-22(26(23)15-17-6-5-13-31-17)16-9-10-20(21(14-16)27(29)30)25-11-3-4-12-25/h1-2,5-10,13-14,22,24H,3-4,11-12,15H2. The number of carbonyl (C=O) groups is 1. The van der Waals surface area contributed by atoms with E-state index in [-0.39, 0.29) is 23.1 Å². The SMILES string of the molecule is O=C1c2ccccc2NC(c2ccc(N3CCCC3)c([N+](=O)[O-])c2)N1Cc1ccco1. The van der Waals surface area contributed by atoms with Gasteiger partial charge in [-0.3, -0.25) is 14.9 Å². The van der Waals surface area contributed by atoms with Crippen LogP contribution < -0.4 is 10.2 Å². The fourth-order valence-electron chi connectivity index (χ4n) is 4.37. The van der Waals surface area contributed by atoms with Gasteiger partial charge in [0.15, 0.2) is 0 Å². The average Bonchev–Trinajstić information content (AvgIpc) is 3.49. The topological polar surface area (TPSA) is 91.9 Å². The Morgan fingerprint density at radius 2 is 1.90 bits per heavy atom. The molecule has 1 N–H and O–H groups in total. The molecule has 5 rings (SSSR count). The summed E-state index contributed by atoms with van der Waals surface area (Å²) in [4.78, 5) is 28.6. The number of nitro groups is 1. The molecule has 31 heavy (non-hydrogen) atoms. The van der Waals surface area contributed by atoms with Gasteiger partial charge in [0.1, 0.15) is 17.6 Å². The van der Waals surface area contributed by atoms with Crippen molar-refractivity contribution in [2.24, 2.45) is 0 Å². The maximum atomic E-state index is 13.3. The summed E-state index contributed by atoms with van der Waals surface area (Å²) in [7, 11) is 0. The van der Waals surface area contributed by atoms with Crippen LogP contribution in [0, 0.1) is 10.1 Å². The summed E-state index contributed by atoms with van der Waals surface area (Å²) in [6, 6.07) is 16.1. The molecule has 8 heteroatoms. The molecule has 1 saturated heterocycles. The van der Waals surface area contributed by atoms with Crippen LogP contribution in [0.2, 0.25) is 0 Å². The highest BCUT2D eigenvalue weighted by molar-refractivity contribution is 6.01. The summed E-state index contributed by atoms with van der Waals surface area (Å²) >= 11 is 0. The second-order valence-electron chi connectivity index (χ2n) is 7.80. The summed E-state index contributed by atoms with van der Waals surface area (Å²) in [5.41, 5.74) is 2.62. The zero-order valence-electron chi connectivity index (χ0n) is 16.9. The van der Waals surface area contributed by atoms with Crippen LogP contribution in [0.15, 0.2) is 65.3 Å². The second-order valence-corrected chi connectivity index (χ2v) is 7.80. The Morgan fingerprint density at radius 1 is 1.10 bits per heavy atom. The molecular weight excluding hydrogens is 396 g/mol. The third-order valence-corrected chi connectivity index (χ3v) is 5.89. The van der Waals surface area contributed by atoms with E-state index in [2.05, 4.69) is 10.2 Å². The van der Waals surface area contributed by atoms with E-state index >= 15 is 0 Å². The van der Waals surface area contributed by atoms with E-state index in [1.165, 1.54) is 0 Å². The van der Waals surface area contributed by atoms with Crippen LogP contribution in [0.5, 0.6) is 0 Å². The number of fused-ring (bicyclic) bond motifs is 1. The predicted molar refractivity (Wildman–Crippen MR) is 116 cm³/mol. The number of benzene rings is 2. The van der Waals surface area contributed by atoms with Crippen molar-refractivity contribution < 1.29 is 14.1 Å². The zero-order valence-corrected chi connectivity index (χ0v) is 16.9. The Kier molecular flexibility index (Phi) is 4.82. The number of nitrogens with zero attached hydrogens (tertiary/aromatic N) is 3. The molecule has 0 saturated carbocycles. The molecule has 1 amide bonds. The molecule has 0 bridgehead atoms. The highest BCUT2D eigenvalue weighted by atomic mass is 16.6. The molecule has 3 heterocycles. The van der Waals surface area contributed by atoms with Gasteiger partial charge < -0.3 is 19.5 Å². The maximum absolute atomic E-state index is 13.3. The Morgan fingerprint density at radius 3 is 2.65 bits per heavy atom. The van der Waals surface area contributed by atoms with E-state index in [0.29, 0.717) is 28.3 Å².